The molecule has 0 amide bonds. The van der Waals surface area contributed by atoms with Crippen LogP contribution in [0.5, 0.6) is 0 Å². The first-order valence-electron chi connectivity index (χ1n) is 7.25. The fourth-order valence-corrected chi connectivity index (χ4v) is 2.42. The van der Waals surface area contributed by atoms with E-state index in [1.807, 2.05) is 0 Å². The number of rotatable bonds is 4. The molecule has 2 aliphatic rings. The Labute approximate surface area is 123 Å². The summed E-state index contributed by atoms with van der Waals surface area (Å²) in [6.07, 6.45) is 1.90. The molecular formula is C12H21N7O2. The van der Waals surface area contributed by atoms with Crippen LogP contribution < -0.4 is 21.5 Å². The van der Waals surface area contributed by atoms with Gasteiger partial charge in [-0.1, -0.05) is 0 Å². The predicted molar refractivity (Wildman–Crippen MR) is 78.1 cm³/mol. The van der Waals surface area contributed by atoms with Crippen molar-refractivity contribution in [2.24, 2.45) is 5.84 Å². The molecule has 0 spiro atoms. The number of hydrogen-bond donors (Lipinski definition) is 3. The second-order valence-corrected chi connectivity index (χ2v) is 5.06. The molecule has 1 aromatic rings. The number of aromatic nitrogens is 3. The fraction of sp³-hybridized carbons (Fsp3) is 0.750. The number of nitrogens with two attached hydrogens (primary N) is 1. The molecule has 0 unspecified atom stereocenters. The van der Waals surface area contributed by atoms with E-state index in [1.165, 1.54) is 0 Å². The highest BCUT2D eigenvalue weighted by atomic mass is 16.5. The lowest BCUT2D eigenvalue weighted by Gasteiger charge is -2.28. The van der Waals surface area contributed by atoms with Gasteiger partial charge in [0.25, 0.3) is 0 Å². The summed E-state index contributed by atoms with van der Waals surface area (Å²) in [4.78, 5) is 15.2. The second-order valence-electron chi connectivity index (χ2n) is 5.06. The third-order valence-corrected chi connectivity index (χ3v) is 3.60. The van der Waals surface area contributed by atoms with Gasteiger partial charge in [-0.05, 0) is 12.8 Å². The highest BCUT2D eigenvalue weighted by Gasteiger charge is 2.19. The van der Waals surface area contributed by atoms with Gasteiger partial charge in [-0.3, -0.25) is 5.43 Å². The average molecular weight is 295 g/mol. The standard InChI is InChI=1S/C12H21N7O2/c13-18-11-15-10(14-9-1-5-20-6-2-9)16-12(17-11)19-3-7-21-8-4-19/h9H,1-8,13H2,(H2,14,15,16,17,18). The van der Waals surface area contributed by atoms with Crippen molar-refractivity contribution < 1.29 is 9.47 Å². The zero-order valence-electron chi connectivity index (χ0n) is 11.9. The summed E-state index contributed by atoms with van der Waals surface area (Å²) in [6.45, 7) is 4.43. The lowest BCUT2D eigenvalue weighted by atomic mass is 10.1. The maximum Gasteiger partial charge on any atom is 0.243 e. The minimum Gasteiger partial charge on any atom is -0.381 e. The summed E-state index contributed by atoms with van der Waals surface area (Å²) in [5.74, 6) is 6.99. The van der Waals surface area contributed by atoms with Crippen LogP contribution in [0.3, 0.4) is 0 Å². The first kappa shape index (κ1) is 14.2. The maximum absolute atomic E-state index is 5.46. The van der Waals surface area contributed by atoms with E-state index in [1.54, 1.807) is 0 Å². The average Bonchev–Trinajstić information content (AvgIpc) is 2.56. The van der Waals surface area contributed by atoms with Gasteiger partial charge in [0.05, 0.1) is 13.2 Å². The van der Waals surface area contributed by atoms with Gasteiger partial charge in [-0.2, -0.15) is 15.0 Å². The Balaban J connectivity index is 1.75. The summed E-state index contributed by atoms with van der Waals surface area (Å²) in [7, 11) is 0. The van der Waals surface area contributed by atoms with Crippen molar-refractivity contribution in [2.75, 3.05) is 55.2 Å². The molecule has 0 radical (unpaired) electrons. The molecule has 3 rings (SSSR count). The number of ether oxygens (including phenoxy) is 2. The molecule has 2 aliphatic heterocycles. The molecule has 9 heteroatoms. The van der Waals surface area contributed by atoms with Crippen molar-refractivity contribution in [1.82, 2.24) is 15.0 Å². The first-order valence-corrected chi connectivity index (χ1v) is 7.25. The van der Waals surface area contributed by atoms with Crippen LogP contribution in [0.4, 0.5) is 17.8 Å². The molecule has 0 aliphatic carbocycles. The minimum atomic E-state index is 0.323. The zero-order valence-corrected chi connectivity index (χ0v) is 11.9. The topological polar surface area (TPSA) is 110 Å². The van der Waals surface area contributed by atoms with E-state index in [-0.39, 0.29) is 0 Å². The lowest BCUT2D eigenvalue weighted by Crippen LogP contribution is -2.38. The molecule has 9 nitrogen and oxygen atoms in total. The summed E-state index contributed by atoms with van der Waals surface area (Å²) in [5.41, 5.74) is 2.50. The van der Waals surface area contributed by atoms with Crippen LogP contribution in [-0.4, -0.2) is 60.5 Å². The van der Waals surface area contributed by atoms with Crippen molar-refractivity contribution in [1.29, 1.82) is 0 Å². The van der Waals surface area contributed by atoms with Gasteiger partial charge in [0.1, 0.15) is 0 Å². The van der Waals surface area contributed by atoms with Gasteiger partial charge in [-0.15, -0.1) is 0 Å². The second kappa shape index (κ2) is 6.83. The number of morpholine rings is 1. The van der Waals surface area contributed by atoms with Crippen LogP contribution in [-0.2, 0) is 9.47 Å². The largest absolute Gasteiger partial charge is 0.381 e. The third kappa shape index (κ3) is 3.69. The third-order valence-electron chi connectivity index (χ3n) is 3.60. The van der Waals surface area contributed by atoms with Gasteiger partial charge >= 0.3 is 0 Å². The van der Waals surface area contributed by atoms with Gasteiger partial charge in [0.2, 0.25) is 17.8 Å². The lowest BCUT2D eigenvalue weighted by molar-refractivity contribution is 0.0903. The molecule has 2 fully saturated rings. The smallest absolute Gasteiger partial charge is 0.243 e. The highest BCUT2D eigenvalue weighted by Crippen LogP contribution is 2.17. The van der Waals surface area contributed by atoms with Gasteiger partial charge in [0.15, 0.2) is 0 Å². The highest BCUT2D eigenvalue weighted by molar-refractivity contribution is 5.44. The molecule has 1 aromatic heterocycles. The Morgan fingerprint density at radius 2 is 1.62 bits per heavy atom. The Kier molecular flexibility index (Phi) is 4.63. The summed E-state index contributed by atoms with van der Waals surface area (Å²) in [5, 5.41) is 3.34. The van der Waals surface area contributed by atoms with E-state index in [2.05, 4.69) is 30.6 Å². The monoisotopic (exact) mass is 295 g/mol. The minimum absolute atomic E-state index is 0.323. The molecule has 3 heterocycles. The molecule has 21 heavy (non-hydrogen) atoms. The number of hydrazine groups is 1. The van der Waals surface area contributed by atoms with E-state index in [4.69, 9.17) is 15.3 Å². The molecule has 116 valence electrons. The zero-order chi connectivity index (χ0) is 14.5. The molecular weight excluding hydrogens is 274 g/mol. The molecule has 0 saturated carbocycles. The Bertz CT molecular complexity index is 461. The number of nitrogens with one attached hydrogen (secondary N) is 2. The predicted octanol–water partition coefficient (Wildman–Crippen LogP) is -0.415. The SMILES string of the molecule is NNc1nc(NC2CCOCC2)nc(N2CCOCC2)n1. The van der Waals surface area contributed by atoms with Crippen molar-refractivity contribution in [2.45, 2.75) is 18.9 Å². The molecule has 2 saturated heterocycles. The van der Waals surface area contributed by atoms with E-state index >= 15 is 0 Å². The van der Waals surface area contributed by atoms with Crippen molar-refractivity contribution in [3.63, 3.8) is 0 Å². The van der Waals surface area contributed by atoms with E-state index in [0.717, 1.165) is 39.1 Å². The van der Waals surface area contributed by atoms with Crippen molar-refractivity contribution in [3.8, 4) is 0 Å². The van der Waals surface area contributed by atoms with Crippen molar-refractivity contribution >= 4 is 17.8 Å². The van der Waals surface area contributed by atoms with Crippen LogP contribution in [0.2, 0.25) is 0 Å². The van der Waals surface area contributed by atoms with Gasteiger partial charge in [-0.25, -0.2) is 5.84 Å². The van der Waals surface area contributed by atoms with E-state index in [9.17, 15) is 0 Å². The number of hydrogen-bond acceptors (Lipinski definition) is 9. The summed E-state index contributed by atoms with van der Waals surface area (Å²) in [6, 6.07) is 0.323. The van der Waals surface area contributed by atoms with Gasteiger partial charge < -0.3 is 19.7 Å². The number of nitrogen functional groups attached to an aromatic ring is 1. The normalized spacial score (nSPS) is 20.3. The molecule has 0 atom stereocenters. The van der Waals surface area contributed by atoms with Crippen LogP contribution in [0.25, 0.3) is 0 Å². The molecule has 4 N–H and O–H groups in total. The molecule has 0 bridgehead atoms. The number of anilines is 3. The van der Waals surface area contributed by atoms with E-state index < -0.39 is 0 Å². The fourth-order valence-electron chi connectivity index (χ4n) is 2.42. The number of nitrogens with zero attached hydrogens (tertiary/aromatic N) is 4. The van der Waals surface area contributed by atoms with Gasteiger partial charge in [0, 0.05) is 32.3 Å². The Hall–Kier alpha value is -1.71. The maximum atomic E-state index is 5.46. The molecule has 0 aromatic carbocycles. The van der Waals surface area contributed by atoms with Crippen LogP contribution in [0.15, 0.2) is 0 Å². The van der Waals surface area contributed by atoms with Crippen LogP contribution in [0, 0.1) is 0 Å². The van der Waals surface area contributed by atoms with Crippen LogP contribution >= 0.6 is 0 Å². The van der Waals surface area contributed by atoms with Crippen molar-refractivity contribution in [3.05, 3.63) is 0 Å². The van der Waals surface area contributed by atoms with Crippen LogP contribution in [0.1, 0.15) is 12.8 Å². The Morgan fingerprint density at radius 1 is 0.952 bits per heavy atom. The van der Waals surface area contributed by atoms with E-state index in [0.29, 0.717) is 37.1 Å². The quantitative estimate of drug-likeness (QED) is 0.504. The Morgan fingerprint density at radius 3 is 2.33 bits per heavy atom. The first-order chi connectivity index (χ1) is 10.3. The summed E-state index contributed by atoms with van der Waals surface area (Å²) < 4.78 is 10.7. The summed E-state index contributed by atoms with van der Waals surface area (Å²) >= 11 is 0.